The minimum Gasteiger partial charge on any atom is -0.350 e. The molecule has 3 rings (SSSR count). The van der Waals surface area contributed by atoms with Crippen LogP contribution in [0.25, 0.3) is 0 Å². The van der Waals surface area contributed by atoms with Gasteiger partial charge in [0.1, 0.15) is 12.6 Å². The lowest BCUT2D eigenvalue weighted by Gasteiger charge is -2.33. The van der Waals surface area contributed by atoms with Crippen LogP contribution < -0.4 is 9.62 Å². The summed E-state index contributed by atoms with van der Waals surface area (Å²) in [6.45, 7) is 8.19. The van der Waals surface area contributed by atoms with E-state index in [4.69, 9.17) is 34.8 Å². The summed E-state index contributed by atoms with van der Waals surface area (Å²) in [4.78, 5) is 28.5. The fourth-order valence-electron chi connectivity index (χ4n) is 3.88. The number of halogens is 3. The number of benzene rings is 3. The van der Waals surface area contributed by atoms with Gasteiger partial charge in [-0.15, -0.1) is 0 Å². The van der Waals surface area contributed by atoms with Crippen LogP contribution >= 0.6 is 34.8 Å². The van der Waals surface area contributed by atoms with Crippen molar-refractivity contribution in [3.63, 3.8) is 0 Å². The minimum atomic E-state index is -4.19. The van der Waals surface area contributed by atoms with Gasteiger partial charge in [0, 0.05) is 32.7 Å². The van der Waals surface area contributed by atoms with Crippen molar-refractivity contribution in [2.24, 2.45) is 0 Å². The molecular weight excluding hydrogens is 593 g/mol. The second kappa shape index (κ2) is 12.8. The average Bonchev–Trinajstić information content (AvgIpc) is 2.86. The second-order valence-corrected chi connectivity index (χ2v) is 13.6. The molecule has 1 N–H and O–H groups in total. The van der Waals surface area contributed by atoms with Crippen LogP contribution in [0.4, 0.5) is 5.69 Å². The van der Waals surface area contributed by atoms with Crippen molar-refractivity contribution in [2.45, 2.75) is 57.6 Å². The van der Waals surface area contributed by atoms with Gasteiger partial charge in [-0.05, 0) is 83.1 Å². The number of amides is 2. The number of rotatable bonds is 9. The molecule has 0 bridgehead atoms. The van der Waals surface area contributed by atoms with Gasteiger partial charge in [-0.1, -0.05) is 58.6 Å². The van der Waals surface area contributed by atoms with Crippen molar-refractivity contribution in [2.75, 3.05) is 10.8 Å². The van der Waals surface area contributed by atoms with E-state index in [1.54, 1.807) is 49.4 Å². The molecule has 0 unspecified atom stereocenters. The normalized spacial score (nSPS) is 12.5. The summed E-state index contributed by atoms with van der Waals surface area (Å²) in [6.07, 6.45) is 0. The maximum Gasteiger partial charge on any atom is 0.264 e. The van der Waals surface area contributed by atoms with E-state index < -0.39 is 40.0 Å². The lowest BCUT2D eigenvalue weighted by atomic mass is 10.1. The van der Waals surface area contributed by atoms with Crippen LogP contribution in [0.2, 0.25) is 15.1 Å². The molecular formula is C29H32Cl3N3O4S. The van der Waals surface area contributed by atoms with Crippen LogP contribution in [0.15, 0.2) is 71.6 Å². The molecule has 0 fully saturated rings. The first-order valence-corrected chi connectivity index (χ1v) is 15.1. The number of hydrogen-bond donors (Lipinski definition) is 1. The Hall–Kier alpha value is -2.78. The Labute approximate surface area is 251 Å². The lowest BCUT2D eigenvalue weighted by molar-refractivity contribution is -0.140. The fourth-order valence-corrected chi connectivity index (χ4v) is 5.94. The third-order valence-electron chi connectivity index (χ3n) is 6.06. The van der Waals surface area contributed by atoms with E-state index in [-0.39, 0.29) is 17.1 Å². The van der Waals surface area contributed by atoms with Crippen molar-refractivity contribution in [3.8, 4) is 0 Å². The number of nitrogens with zero attached hydrogens (tertiary/aromatic N) is 2. The smallest absolute Gasteiger partial charge is 0.264 e. The van der Waals surface area contributed by atoms with Gasteiger partial charge in [0.15, 0.2) is 0 Å². The molecule has 11 heteroatoms. The molecule has 0 spiro atoms. The zero-order valence-corrected chi connectivity index (χ0v) is 26.0. The molecule has 0 aliphatic rings. The lowest BCUT2D eigenvalue weighted by Crippen LogP contribution is -2.54. The number of sulfonamides is 1. The SMILES string of the molecule is Cc1ccc(S(=O)(=O)N(CC(=O)N(Cc2c(Cl)cccc2Cl)[C@@H](C)C(=O)NC(C)(C)C)c2ccc(Cl)cc2)cc1. The van der Waals surface area contributed by atoms with Crippen LogP contribution in [0.3, 0.4) is 0 Å². The standard InChI is InChI=1S/C29H32Cl3N3O4S/c1-19-9-15-23(16-10-19)40(38,39)35(22-13-11-21(30)12-14-22)18-27(36)34(20(2)28(37)33-29(3,4)5)17-24-25(31)7-6-8-26(24)32/h6-16,20H,17-18H2,1-5H3,(H,33,37)/t20-/m0/s1. The van der Waals surface area contributed by atoms with Crippen molar-refractivity contribution in [3.05, 3.63) is 92.9 Å². The van der Waals surface area contributed by atoms with Crippen LogP contribution in [-0.4, -0.2) is 43.3 Å². The minimum absolute atomic E-state index is 0.0140. The highest BCUT2D eigenvalue weighted by molar-refractivity contribution is 7.92. The van der Waals surface area contributed by atoms with Gasteiger partial charge in [0.2, 0.25) is 11.8 Å². The molecule has 0 aliphatic heterocycles. The maximum atomic E-state index is 14.0. The number of nitrogens with one attached hydrogen (secondary N) is 1. The first-order chi connectivity index (χ1) is 18.6. The molecule has 0 saturated heterocycles. The average molecular weight is 625 g/mol. The first-order valence-electron chi connectivity index (χ1n) is 12.5. The fraction of sp³-hybridized carbons (Fsp3) is 0.310. The summed E-state index contributed by atoms with van der Waals surface area (Å²) in [5.41, 5.74) is 0.996. The zero-order chi connectivity index (χ0) is 29.8. The molecule has 3 aromatic rings. The number of carbonyl (C=O) groups excluding carboxylic acids is 2. The largest absolute Gasteiger partial charge is 0.350 e. The molecule has 40 heavy (non-hydrogen) atoms. The van der Waals surface area contributed by atoms with E-state index in [9.17, 15) is 18.0 Å². The van der Waals surface area contributed by atoms with Gasteiger partial charge in [-0.3, -0.25) is 13.9 Å². The van der Waals surface area contributed by atoms with Crippen molar-refractivity contribution < 1.29 is 18.0 Å². The van der Waals surface area contributed by atoms with Crippen LogP contribution in [-0.2, 0) is 26.2 Å². The quantitative estimate of drug-likeness (QED) is 0.295. The van der Waals surface area contributed by atoms with Crippen LogP contribution in [0.5, 0.6) is 0 Å². The maximum absolute atomic E-state index is 14.0. The van der Waals surface area contributed by atoms with Gasteiger partial charge in [-0.25, -0.2) is 8.42 Å². The first kappa shape index (κ1) is 31.7. The Morgan fingerprint density at radius 1 is 0.900 bits per heavy atom. The van der Waals surface area contributed by atoms with E-state index in [0.717, 1.165) is 9.87 Å². The summed E-state index contributed by atoms with van der Waals surface area (Å²) >= 11 is 18.9. The topological polar surface area (TPSA) is 86.8 Å². The number of aryl methyl sites for hydroxylation is 1. The summed E-state index contributed by atoms with van der Waals surface area (Å²) in [7, 11) is -4.19. The second-order valence-electron chi connectivity index (χ2n) is 10.4. The van der Waals surface area contributed by atoms with Crippen LogP contribution in [0.1, 0.15) is 38.8 Å². The van der Waals surface area contributed by atoms with Gasteiger partial charge >= 0.3 is 0 Å². The van der Waals surface area contributed by atoms with Gasteiger partial charge in [-0.2, -0.15) is 0 Å². The monoisotopic (exact) mass is 623 g/mol. The van der Waals surface area contributed by atoms with E-state index >= 15 is 0 Å². The third kappa shape index (κ3) is 7.91. The summed E-state index contributed by atoms with van der Waals surface area (Å²) in [6, 6.07) is 16.4. The molecule has 2 amide bonds. The van der Waals surface area contributed by atoms with Crippen molar-refractivity contribution in [1.29, 1.82) is 0 Å². The van der Waals surface area contributed by atoms with E-state index in [1.165, 1.54) is 29.2 Å². The van der Waals surface area contributed by atoms with Crippen LogP contribution in [0, 0.1) is 6.92 Å². The third-order valence-corrected chi connectivity index (χ3v) is 8.81. The van der Waals surface area contributed by atoms with Crippen molar-refractivity contribution in [1.82, 2.24) is 10.2 Å². The number of carbonyl (C=O) groups is 2. The number of hydrogen-bond acceptors (Lipinski definition) is 4. The summed E-state index contributed by atoms with van der Waals surface area (Å²) in [5, 5.41) is 3.91. The molecule has 0 saturated carbocycles. The van der Waals surface area contributed by atoms with Gasteiger partial charge in [0.05, 0.1) is 10.6 Å². The predicted molar refractivity (Wildman–Crippen MR) is 162 cm³/mol. The highest BCUT2D eigenvalue weighted by Gasteiger charge is 2.34. The molecule has 7 nitrogen and oxygen atoms in total. The molecule has 3 aromatic carbocycles. The highest BCUT2D eigenvalue weighted by Crippen LogP contribution is 2.29. The molecule has 0 aliphatic carbocycles. The van der Waals surface area contributed by atoms with E-state index in [1.807, 2.05) is 27.7 Å². The van der Waals surface area contributed by atoms with E-state index in [0.29, 0.717) is 20.6 Å². The Balaban J connectivity index is 2.07. The Bertz CT molecular complexity index is 1450. The summed E-state index contributed by atoms with van der Waals surface area (Å²) in [5.74, 6) is -1.04. The Morgan fingerprint density at radius 3 is 1.98 bits per heavy atom. The van der Waals surface area contributed by atoms with Gasteiger partial charge < -0.3 is 10.2 Å². The Kier molecular flexibility index (Phi) is 10.2. The molecule has 0 radical (unpaired) electrons. The molecule has 0 heterocycles. The number of anilines is 1. The van der Waals surface area contributed by atoms with Crippen molar-refractivity contribution >= 4 is 62.3 Å². The predicted octanol–water partition coefficient (Wildman–Crippen LogP) is 6.48. The molecule has 1 atom stereocenters. The van der Waals surface area contributed by atoms with Gasteiger partial charge in [0.25, 0.3) is 10.0 Å². The zero-order valence-electron chi connectivity index (χ0n) is 22.9. The highest BCUT2D eigenvalue weighted by atomic mass is 35.5. The molecule has 0 aromatic heterocycles. The molecule has 214 valence electrons. The Morgan fingerprint density at radius 2 is 1.45 bits per heavy atom. The summed E-state index contributed by atoms with van der Waals surface area (Å²) < 4.78 is 28.7. The van der Waals surface area contributed by atoms with E-state index in [2.05, 4.69) is 5.32 Å².